The molecule has 0 aliphatic heterocycles. The largest absolute Gasteiger partial charge is 0.356 e. The van der Waals surface area contributed by atoms with E-state index in [0.29, 0.717) is 5.41 Å². The van der Waals surface area contributed by atoms with E-state index in [-0.39, 0.29) is 10.8 Å². The minimum absolute atomic E-state index is 0.186. The molecule has 0 radical (unpaired) electrons. The first kappa shape index (κ1) is 19.6. The third-order valence-corrected chi connectivity index (χ3v) is 4.68. The molecule has 0 aliphatic rings. The lowest BCUT2D eigenvalue weighted by molar-refractivity contribution is 0.284. The van der Waals surface area contributed by atoms with E-state index in [4.69, 9.17) is 0 Å². The van der Waals surface area contributed by atoms with E-state index in [2.05, 4.69) is 109 Å². The molecule has 0 aliphatic carbocycles. The normalized spacial score (nSPS) is 13.0. The maximum Gasteiger partial charge on any atom is 0.0384 e. The summed E-state index contributed by atoms with van der Waals surface area (Å²) in [6.45, 7) is 18.3. The molecule has 0 atom stereocenters. The van der Waals surface area contributed by atoms with Crippen LogP contribution in [-0.4, -0.2) is 0 Å². The van der Waals surface area contributed by atoms with E-state index in [1.165, 1.54) is 17.5 Å². The first-order chi connectivity index (χ1) is 11.4. The fraction of sp³-hybridized carbons (Fsp3) is 0.500. The quantitative estimate of drug-likeness (QED) is 0.611. The Morgan fingerprint density at radius 3 is 1.36 bits per heavy atom. The molecule has 25 heavy (non-hydrogen) atoms. The maximum atomic E-state index is 3.51. The third-order valence-electron chi connectivity index (χ3n) is 4.68. The van der Waals surface area contributed by atoms with Crippen LogP contribution in [0, 0.1) is 5.41 Å². The van der Waals surface area contributed by atoms with Crippen molar-refractivity contribution in [3.8, 4) is 0 Å². The van der Waals surface area contributed by atoms with E-state index < -0.39 is 0 Å². The first-order valence-electron chi connectivity index (χ1n) is 9.35. The highest BCUT2D eigenvalue weighted by atomic mass is 14.9. The topological polar surface area (TPSA) is 12.0 Å². The van der Waals surface area contributed by atoms with E-state index in [0.717, 1.165) is 11.4 Å². The van der Waals surface area contributed by atoms with Gasteiger partial charge in [0.2, 0.25) is 0 Å². The summed E-state index contributed by atoms with van der Waals surface area (Å²) < 4.78 is 0. The lowest BCUT2D eigenvalue weighted by Gasteiger charge is -2.33. The van der Waals surface area contributed by atoms with Gasteiger partial charge in [-0.25, -0.2) is 0 Å². The number of nitrogens with one attached hydrogen (secondary N) is 1. The molecule has 2 rings (SSSR count). The fourth-order valence-electron chi connectivity index (χ4n) is 3.65. The SMILES string of the molecule is CC(C)(C)CC(C)(C)c1ccc(Nc2ccc(C(C)(C)C)cc2)cc1. The molecule has 0 aromatic heterocycles. The summed E-state index contributed by atoms with van der Waals surface area (Å²) in [5, 5.41) is 3.51. The van der Waals surface area contributed by atoms with Crippen molar-refractivity contribution >= 4 is 11.4 Å². The molecule has 0 heterocycles. The Hall–Kier alpha value is -1.76. The first-order valence-corrected chi connectivity index (χ1v) is 9.35. The van der Waals surface area contributed by atoms with Crippen LogP contribution in [0.2, 0.25) is 0 Å². The summed E-state index contributed by atoms with van der Waals surface area (Å²) in [6.07, 6.45) is 1.17. The van der Waals surface area contributed by atoms with Crippen LogP contribution < -0.4 is 5.32 Å². The smallest absolute Gasteiger partial charge is 0.0384 e. The standard InChI is InChI=1S/C24H35N/c1-22(2,3)17-24(7,8)19-11-15-21(16-12-19)25-20-13-9-18(10-14-20)23(4,5)6/h9-16,25H,17H2,1-8H3. The highest BCUT2D eigenvalue weighted by molar-refractivity contribution is 5.60. The van der Waals surface area contributed by atoms with Crippen molar-refractivity contribution in [1.29, 1.82) is 0 Å². The van der Waals surface area contributed by atoms with Gasteiger partial charge in [0, 0.05) is 11.4 Å². The molecule has 1 N–H and O–H groups in total. The molecule has 1 heteroatoms. The fourth-order valence-corrected chi connectivity index (χ4v) is 3.65. The number of hydrogen-bond acceptors (Lipinski definition) is 1. The minimum Gasteiger partial charge on any atom is -0.356 e. The van der Waals surface area contributed by atoms with Crippen molar-refractivity contribution in [2.24, 2.45) is 5.41 Å². The average molecular weight is 338 g/mol. The maximum absolute atomic E-state index is 3.51. The predicted octanol–water partition coefficient (Wildman–Crippen LogP) is 7.44. The van der Waals surface area contributed by atoms with Crippen molar-refractivity contribution in [2.45, 2.75) is 72.6 Å². The van der Waals surface area contributed by atoms with Gasteiger partial charge in [0.15, 0.2) is 0 Å². The van der Waals surface area contributed by atoms with Crippen LogP contribution in [0.5, 0.6) is 0 Å². The lowest BCUT2D eigenvalue weighted by Crippen LogP contribution is -2.24. The van der Waals surface area contributed by atoms with Gasteiger partial charge < -0.3 is 5.32 Å². The molecule has 0 unspecified atom stereocenters. The van der Waals surface area contributed by atoms with Crippen LogP contribution in [0.4, 0.5) is 11.4 Å². The second kappa shape index (κ2) is 6.86. The molecule has 1 nitrogen and oxygen atoms in total. The van der Waals surface area contributed by atoms with E-state index in [1.54, 1.807) is 0 Å². The zero-order chi connectivity index (χ0) is 18.9. The van der Waals surface area contributed by atoms with Crippen molar-refractivity contribution in [1.82, 2.24) is 0 Å². The molecule has 0 saturated heterocycles. The summed E-state index contributed by atoms with van der Waals surface area (Å²) >= 11 is 0. The number of benzene rings is 2. The van der Waals surface area contributed by atoms with E-state index in [9.17, 15) is 0 Å². The number of rotatable bonds is 4. The highest BCUT2D eigenvalue weighted by Crippen LogP contribution is 2.36. The van der Waals surface area contributed by atoms with Gasteiger partial charge in [0.1, 0.15) is 0 Å². The van der Waals surface area contributed by atoms with Gasteiger partial charge in [-0.1, -0.05) is 79.7 Å². The zero-order valence-electron chi connectivity index (χ0n) is 17.3. The Morgan fingerprint density at radius 2 is 1.00 bits per heavy atom. The Kier molecular flexibility index (Phi) is 5.37. The summed E-state index contributed by atoms with van der Waals surface area (Å²) in [7, 11) is 0. The molecular weight excluding hydrogens is 302 g/mol. The molecular formula is C24H35N. The third kappa shape index (κ3) is 5.63. The van der Waals surface area contributed by atoms with Crippen molar-refractivity contribution in [3.05, 3.63) is 59.7 Å². The van der Waals surface area contributed by atoms with Gasteiger partial charge in [0.25, 0.3) is 0 Å². The van der Waals surface area contributed by atoms with Gasteiger partial charge in [-0.3, -0.25) is 0 Å². The lowest BCUT2D eigenvalue weighted by atomic mass is 9.72. The second-order valence-corrected chi connectivity index (χ2v) is 10.2. The molecule has 2 aromatic carbocycles. The number of anilines is 2. The van der Waals surface area contributed by atoms with Gasteiger partial charge in [-0.2, -0.15) is 0 Å². The van der Waals surface area contributed by atoms with Crippen molar-refractivity contribution in [3.63, 3.8) is 0 Å². The van der Waals surface area contributed by atoms with Gasteiger partial charge in [-0.05, 0) is 58.1 Å². The van der Waals surface area contributed by atoms with E-state index in [1.807, 2.05) is 0 Å². The Labute approximate surface area is 154 Å². The summed E-state index contributed by atoms with van der Waals surface area (Å²) in [5.41, 5.74) is 5.74. The van der Waals surface area contributed by atoms with E-state index >= 15 is 0 Å². The molecule has 2 aromatic rings. The molecule has 0 amide bonds. The monoisotopic (exact) mass is 337 g/mol. The van der Waals surface area contributed by atoms with Gasteiger partial charge in [0.05, 0.1) is 0 Å². The summed E-state index contributed by atoms with van der Waals surface area (Å²) in [4.78, 5) is 0. The second-order valence-electron chi connectivity index (χ2n) is 10.2. The van der Waals surface area contributed by atoms with Crippen LogP contribution in [0.15, 0.2) is 48.5 Å². The average Bonchev–Trinajstić information content (AvgIpc) is 2.45. The Morgan fingerprint density at radius 1 is 0.600 bits per heavy atom. The van der Waals surface area contributed by atoms with Gasteiger partial charge in [-0.15, -0.1) is 0 Å². The molecule has 0 fully saturated rings. The Bertz CT molecular complexity index is 677. The molecule has 136 valence electrons. The van der Waals surface area contributed by atoms with Crippen LogP contribution in [-0.2, 0) is 10.8 Å². The van der Waals surface area contributed by atoms with Crippen LogP contribution in [0.1, 0.15) is 72.9 Å². The van der Waals surface area contributed by atoms with Crippen LogP contribution in [0.3, 0.4) is 0 Å². The van der Waals surface area contributed by atoms with Crippen molar-refractivity contribution in [2.75, 3.05) is 5.32 Å². The molecule has 0 saturated carbocycles. The van der Waals surface area contributed by atoms with Crippen molar-refractivity contribution < 1.29 is 0 Å². The Balaban J connectivity index is 2.10. The highest BCUT2D eigenvalue weighted by Gasteiger charge is 2.27. The van der Waals surface area contributed by atoms with Crippen LogP contribution >= 0.6 is 0 Å². The zero-order valence-corrected chi connectivity index (χ0v) is 17.3. The molecule has 0 spiro atoms. The van der Waals surface area contributed by atoms with Crippen LogP contribution in [0.25, 0.3) is 0 Å². The minimum atomic E-state index is 0.186. The summed E-state index contributed by atoms with van der Waals surface area (Å²) in [5.74, 6) is 0. The summed E-state index contributed by atoms with van der Waals surface area (Å²) in [6, 6.07) is 17.7. The number of hydrogen-bond donors (Lipinski definition) is 1. The van der Waals surface area contributed by atoms with Gasteiger partial charge >= 0.3 is 0 Å². The molecule has 0 bridgehead atoms. The predicted molar refractivity (Wildman–Crippen MR) is 112 cm³/mol.